The summed E-state index contributed by atoms with van der Waals surface area (Å²) in [7, 11) is 0. The molecule has 0 N–H and O–H groups in total. The molecule has 0 amide bonds. The molecule has 0 heterocycles. The van der Waals surface area contributed by atoms with E-state index in [1.807, 2.05) is 0 Å². The molecule has 78 valence electrons. The van der Waals surface area contributed by atoms with Crippen LogP contribution >= 0.6 is 0 Å². The van der Waals surface area contributed by atoms with Crippen molar-refractivity contribution >= 4 is 0 Å². The topological polar surface area (TPSA) is 0 Å². The zero-order valence-corrected chi connectivity index (χ0v) is 9.90. The van der Waals surface area contributed by atoms with Gasteiger partial charge in [-0.2, -0.15) is 0 Å². The first-order valence-electron chi connectivity index (χ1n) is 6.13. The van der Waals surface area contributed by atoms with Crippen LogP contribution in [0.3, 0.4) is 0 Å². The van der Waals surface area contributed by atoms with Gasteiger partial charge in [0.15, 0.2) is 0 Å². The maximum atomic E-state index is 2.39. The molecule has 1 unspecified atom stereocenters. The Balaban J connectivity index is 2.58. The van der Waals surface area contributed by atoms with Crippen LogP contribution in [0.25, 0.3) is 0 Å². The summed E-state index contributed by atoms with van der Waals surface area (Å²) in [5.41, 5.74) is 0.715. The first-order chi connectivity index (χ1) is 6.13. The molecular formula is C13H26. The molecule has 0 saturated heterocycles. The van der Waals surface area contributed by atoms with Crippen LogP contribution in [0.15, 0.2) is 0 Å². The van der Waals surface area contributed by atoms with Gasteiger partial charge in [-0.25, -0.2) is 0 Å². The second-order valence-corrected chi connectivity index (χ2v) is 5.31. The Hall–Kier alpha value is 0. The van der Waals surface area contributed by atoms with Crippen LogP contribution in [-0.2, 0) is 0 Å². The molecule has 0 bridgehead atoms. The third-order valence-electron chi connectivity index (χ3n) is 4.42. The van der Waals surface area contributed by atoms with Gasteiger partial charge >= 0.3 is 0 Å². The molecule has 0 aromatic rings. The minimum atomic E-state index is 0.715. The third-order valence-corrected chi connectivity index (χ3v) is 4.42. The molecule has 0 aromatic heterocycles. The summed E-state index contributed by atoms with van der Waals surface area (Å²) in [4.78, 5) is 0. The highest BCUT2D eigenvalue weighted by Crippen LogP contribution is 2.46. The minimum Gasteiger partial charge on any atom is -0.0649 e. The molecule has 0 aromatic carbocycles. The van der Waals surface area contributed by atoms with E-state index in [0.29, 0.717) is 5.41 Å². The van der Waals surface area contributed by atoms with Crippen LogP contribution in [0.4, 0.5) is 0 Å². The zero-order chi connectivity index (χ0) is 9.90. The standard InChI is InChI=1S/C13H26/c1-5-13(6-2)9-7-8-12(10-13)11(3)4/h11-12H,5-10H2,1-4H3. The van der Waals surface area contributed by atoms with E-state index >= 15 is 0 Å². The molecular weight excluding hydrogens is 156 g/mol. The molecule has 0 radical (unpaired) electrons. The number of rotatable bonds is 3. The average molecular weight is 182 g/mol. The maximum absolute atomic E-state index is 2.39. The Bertz CT molecular complexity index is 142. The summed E-state index contributed by atoms with van der Waals surface area (Å²) < 4.78 is 0. The normalized spacial score (nSPS) is 27.9. The van der Waals surface area contributed by atoms with Gasteiger partial charge in [0, 0.05) is 0 Å². The van der Waals surface area contributed by atoms with E-state index in [9.17, 15) is 0 Å². The first kappa shape index (κ1) is 11.1. The fourth-order valence-electron chi connectivity index (χ4n) is 2.96. The van der Waals surface area contributed by atoms with Crippen LogP contribution in [0.2, 0.25) is 0 Å². The molecule has 1 atom stereocenters. The van der Waals surface area contributed by atoms with Gasteiger partial charge in [0.1, 0.15) is 0 Å². The predicted molar refractivity (Wildman–Crippen MR) is 59.8 cm³/mol. The molecule has 1 saturated carbocycles. The van der Waals surface area contributed by atoms with Crippen LogP contribution in [0.5, 0.6) is 0 Å². The van der Waals surface area contributed by atoms with Gasteiger partial charge in [0.05, 0.1) is 0 Å². The summed E-state index contributed by atoms with van der Waals surface area (Å²) in [6, 6.07) is 0. The molecule has 1 rings (SSSR count). The van der Waals surface area contributed by atoms with E-state index in [-0.39, 0.29) is 0 Å². The number of hydrogen-bond acceptors (Lipinski definition) is 0. The van der Waals surface area contributed by atoms with E-state index in [0.717, 1.165) is 11.8 Å². The maximum Gasteiger partial charge on any atom is -0.0300 e. The van der Waals surface area contributed by atoms with Crippen molar-refractivity contribution in [2.24, 2.45) is 17.3 Å². The van der Waals surface area contributed by atoms with Crippen LogP contribution in [0.1, 0.15) is 66.2 Å². The zero-order valence-electron chi connectivity index (χ0n) is 9.90. The highest BCUT2D eigenvalue weighted by Gasteiger charge is 2.33. The molecule has 0 spiro atoms. The molecule has 0 heteroatoms. The lowest BCUT2D eigenvalue weighted by Crippen LogP contribution is -2.29. The highest BCUT2D eigenvalue weighted by atomic mass is 14.4. The Kier molecular flexibility index (Phi) is 3.82. The van der Waals surface area contributed by atoms with Crippen LogP contribution in [0, 0.1) is 17.3 Å². The van der Waals surface area contributed by atoms with Gasteiger partial charge in [0.25, 0.3) is 0 Å². The summed E-state index contributed by atoms with van der Waals surface area (Å²) in [5.74, 6) is 1.91. The molecule has 0 aliphatic heterocycles. The van der Waals surface area contributed by atoms with E-state index in [1.54, 1.807) is 0 Å². The second kappa shape index (κ2) is 4.48. The summed E-state index contributed by atoms with van der Waals surface area (Å²) >= 11 is 0. The Labute approximate surface area is 84.1 Å². The first-order valence-corrected chi connectivity index (χ1v) is 6.13. The van der Waals surface area contributed by atoms with Gasteiger partial charge in [-0.3, -0.25) is 0 Å². The van der Waals surface area contributed by atoms with Crippen molar-refractivity contribution in [1.29, 1.82) is 0 Å². The van der Waals surface area contributed by atoms with E-state index in [2.05, 4.69) is 27.7 Å². The molecule has 13 heavy (non-hydrogen) atoms. The summed E-state index contributed by atoms with van der Waals surface area (Å²) in [6.07, 6.45) is 8.74. The van der Waals surface area contributed by atoms with Crippen molar-refractivity contribution < 1.29 is 0 Å². The summed E-state index contributed by atoms with van der Waals surface area (Å²) in [6.45, 7) is 9.55. The van der Waals surface area contributed by atoms with Gasteiger partial charge in [0.2, 0.25) is 0 Å². The Morgan fingerprint density at radius 3 is 2.31 bits per heavy atom. The summed E-state index contributed by atoms with van der Waals surface area (Å²) in [5, 5.41) is 0. The molecule has 0 nitrogen and oxygen atoms in total. The SMILES string of the molecule is CCC1(CC)CCCC(C(C)C)C1. The van der Waals surface area contributed by atoms with Crippen LogP contribution < -0.4 is 0 Å². The van der Waals surface area contributed by atoms with Gasteiger partial charge in [-0.15, -0.1) is 0 Å². The lowest BCUT2D eigenvalue weighted by atomic mass is 9.64. The fourth-order valence-corrected chi connectivity index (χ4v) is 2.96. The van der Waals surface area contributed by atoms with Crippen LogP contribution in [-0.4, -0.2) is 0 Å². The lowest BCUT2D eigenvalue weighted by Gasteiger charge is -2.41. The minimum absolute atomic E-state index is 0.715. The Morgan fingerprint density at radius 2 is 1.85 bits per heavy atom. The monoisotopic (exact) mass is 182 g/mol. The lowest BCUT2D eigenvalue weighted by molar-refractivity contribution is 0.102. The quantitative estimate of drug-likeness (QED) is 0.596. The van der Waals surface area contributed by atoms with Gasteiger partial charge in [-0.1, -0.05) is 53.4 Å². The van der Waals surface area contributed by atoms with Crippen molar-refractivity contribution in [3.8, 4) is 0 Å². The average Bonchev–Trinajstić information content (AvgIpc) is 2.18. The van der Waals surface area contributed by atoms with Gasteiger partial charge < -0.3 is 0 Å². The number of hydrogen-bond donors (Lipinski definition) is 0. The van der Waals surface area contributed by atoms with Crippen molar-refractivity contribution in [3.05, 3.63) is 0 Å². The van der Waals surface area contributed by atoms with Crippen molar-refractivity contribution in [2.45, 2.75) is 66.2 Å². The predicted octanol–water partition coefficient (Wildman–Crippen LogP) is 4.64. The molecule has 1 aliphatic carbocycles. The molecule has 1 aliphatic rings. The smallest absolute Gasteiger partial charge is 0.0300 e. The van der Waals surface area contributed by atoms with E-state index < -0.39 is 0 Å². The van der Waals surface area contributed by atoms with Gasteiger partial charge in [-0.05, 0) is 30.1 Å². The fraction of sp³-hybridized carbons (Fsp3) is 1.00. The Morgan fingerprint density at radius 1 is 1.23 bits per heavy atom. The van der Waals surface area contributed by atoms with Crippen molar-refractivity contribution in [2.75, 3.05) is 0 Å². The highest BCUT2D eigenvalue weighted by molar-refractivity contribution is 4.85. The van der Waals surface area contributed by atoms with E-state index in [1.165, 1.54) is 38.5 Å². The third kappa shape index (κ3) is 2.48. The van der Waals surface area contributed by atoms with Crippen molar-refractivity contribution in [1.82, 2.24) is 0 Å². The van der Waals surface area contributed by atoms with Crippen molar-refractivity contribution in [3.63, 3.8) is 0 Å². The second-order valence-electron chi connectivity index (χ2n) is 5.31. The van der Waals surface area contributed by atoms with E-state index in [4.69, 9.17) is 0 Å². The molecule has 1 fully saturated rings. The largest absolute Gasteiger partial charge is 0.0649 e.